The highest BCUT2D eigenvalue weighted by Gasteiger charge is 2.27. The maximum atomic E-state index is 12.5. The Hall–Kier alpha value is -1.40. The molecule has 0 spiro atoms. The fourth-order valence-corrected chi connectivity index (χ4v) is 4.28. The highest BCUT2D eigenvalue weighted by Crippen LogP contribution is 2.27. The molecule has 1 unspecified atom stereocenters. The van der Waals surface area contributed by atoms with Crippen molar-refractivity contribution in [3.05, 3.63) is 29.8 Å². The topological polar surface area (TPSA) is 75.3 Å². The van der Waals surface area contributed by atoms with Crippen molar-refractivity contribution in [3.63, 3.8) is 0 Å². The van der Waals surface area contributed by atoms with E-state index in [2.05, 4.69) is 30.8 Å². The third kappa shape index (κ3) is 7.16. The van der Waals surface area contributed by atoms with Crippen molar-refractivity contribution in [2.45, 2.75) is 77.8 Å². The van der Waals surface area contributed by atoms with Crippen molar-refractivity contribution in [1.29, 1.82) is 0 Å². The molecule has 0 heterocycles. The SMILES string of the molecule is CCC(C)NS(=O)(=O)c1ccc(C(=O)NC(C)(C)CC(C)(C)C)cc1. The van der Waals surface area contributed by atoms with Gasteiger partial charge in [-0.05, 0) is 63.3 Å². The van der Waals surface area contributed by atoms with Crippen molar-refractivity contribution < 1.29 is 13.2 Å². The van der Waals surface area contributed by atoms with Gasteiger partial charge in [-0.1, -0.05) is 27.7 Å². The Bertz CT molecular complexity index is 686. The Morgan fingerprint density at radius 2 is 1.60 bits per heavy atom. The first-order valence-electron chi connectivity index (χ1n) is 8.71. The molecule has 6 heteroatoms. The van der Waals surface area contributed by atoms with Gasteiger partial charge >= 0.3 is 0 Å². The van der Waals surface area contributed by atoms with Crippen LogP contribution in [0, 0.1) is 5.41 Å². The zero-order valence-corrected chi connectivity index (χ0v) is 17.3. The molecule has 1 amide bonds. The van der Waals surface area contributed by atoms with E-state index in [0.29, 0.717) is 12.0 Å². The summed E-state index contributed by atoms with van der Waals surface area (Å²) >= 11 is 0. The number of carbonyl (C=O) groups excluding carboxylic acids is 1. The summed E-state index contributed by atoms with van der Waals surface area (Å²) in [6.45, 7) is 14.1. The van der Waals surface area contributed by atoms with Crippen LogP contribution in [-0.2, 0) is 10.0 Å². The largest absolute Gasteiger partial charge is 0.347 e. The standard InChI is InChI=1S/C19H32N2O3S/c1-8-14(2)21-25(23,24)16-11-9-15(10-12-16)17(22)20-19(6,7)13-18(3,4)5/h9-12,14,21H,8,13H2,1-7H3,(H,20,22). The molecule has 0 radical (unpaired) electrons. The molecule has 0 saturated heterocycles. The van der Waals surface area contributed by atoms with Gasteiger partial charge in [-0.15, -0.1) is 0 Å². The summed E-state index contributed by atoms with van der Waals surface area (Å²) in [7, 11) is -3.55. The summed E-state index contributed by atoms with van der Waals surface area (Å²) in [5.74, 6) is -0.201. The lowest BCUT2D eigenvalue weighted by molar-refractivity contribution is 0.0891. The van der Waals surface area contributed by atoms with Crippen LogP contribution in [0.1, 0.15) is 71.7 Å². The van der Waals surface area contributed by atoms with E-state index in [-0.39, 0.29) is 27.8 Å². The Kier molecular flexibility index (Phi) is 6.81. The summed E-state index contributed by atoms with van der Waals surface area (Å²) in [6.07, 6.45) is 1.54. The lowest BCUT2D eigenvalue weighted by Gasteiger charge is -2.33. The van der Waals surface area contributed by atoms with E-state index >= 15 is 0 Å². The van der Waals surface area contributed by atoms with Crippen LogP contribution in [-0.4, -0.2) is 25.9 Å². The van der Waals surface area contributed by atoms with Crippen molar-refractivity contribution in [2.75, 3.05) is 0 Å². The zero-order chi connectivity index (χ0) is 19.5. The van der Waals surface area contributed by atoms with E-state index in [1.807, 2.05) is 27.7 Å². The fraction of sp³-hybridized carbons (Fsp3) is 0.632. The van der Waals surface area contributed by atoms with Gasteiger partial charge in [0.2, 0.25) is 10.0 Å². The van der Waals surface area contributed by atoms with Crippen molar-refractivity contribution in [2.24, 2.45) is 5.41 Å². The summed E-state index contributed by atoms with van der Waals surface area (Å²) in [5.41, 5.74) is 0.193. The monoisotopic (exact) mass is 368 g/mol. The van der Waals surface area contributed by atoms with Crippen molar-refractivity contribution in [1.82, 2.24) is 10.0 Å². The van der Waals surface area contributed by atoms with Crippen LogP contribution >= 0.6 is 0 Å². The van der Waals surface area contributed by atoms with Crippen molar-refractivity contribution in [3.8, 4) is 0 Å². The number of amides is 1. The maximum Gasteiger partial charge on any atom is 0.251 e. The maximum absolute atomic E-state index is 12.5. The molecule has 0 saturated carbocycles. The molecular weight excluding hydrogens is 336 g/mol. The molecule has 0 aliphatic rings. The third-order valence-electron chi connectivity index (χ3n) is 3.82. The molecule has 1 atom stereocenters. The lowest BCUT2D eigenvalue weighted by Crippen LogP contribution is -2.45. The highest BCUT2D eigenvalue weighted by atomic mass is 32.2. The van der Waals surface area contributed by atoms with Crippen LogP contribution in [0.3, 0.4) is 0 Å². The van der Waals surface area contributed by atoms with Crippen LogP contribution < -0.4 is 10.0 Å². The first-order chi connectivity index (χ1) is 11.3. The molecule has 1 aromatic carbocycles. The van der Waals surface area contributed by atoms with Crippen LogP contribution in [0.5, 0.6) is 0 Å². The number of rotatable bonds is 7. The van der Waals surface area contributed by atoms with Gasteiger partial charge in [0.05, 0.1) is 4.90 Å². The normalized spacial score (nSPS) is 14.2. The Morgan fingerprint density at radius 3 is 2.04 bits per heavy atom. The predicted molar refractivity (Wildman–Crippen MR) is 102 cm³/mol. The summed E-state index contributed by atoms with van der Waals surface area (Å²) in [4.78, 5) is 12.6. The molecule has 0 aliphatic carbocycles. The number of hydrogen-bond acceptors (Lipinski definition) is 3. The van der Waals surface area contributed by atoms with Crippen molar-refractivity contribution >= 4 is 15.9 Å². The van der Waals surface area contributed by atoms with Gasteiger partial charge in [-0.2, -0.15) is 0 Å². The smallest absolute Gasteiger partial charge is 0.251 e. The average Bonchev–Trinajstić information content (AvgIpc) is 2.43. The number of sulfonamides is 1. The van der Waals surface area contributed by atoms with E-state index in [0.717, 1.165) is 6.42 Å². The summed E-state index contributed by atoms with van der Waals surface area (Å²) in [6, 6.07) is 5.90. The molecule has 142 valence electrons. The third-order valence-corrected chi connectivity index (χ3v) is 5.43. The molecule has 1 aromatic rings. The van der Waals surface area contributed by atoms with Crippen LogP contribution in [0.15, 0.2) is 29.2 Å². The van der Waals surface area contributed by atoms with E-state index in [4.69, 9.17) is 0 Å². The molecule has 0 bridgehead atoms. The summed E-state index contributed by atoms with van der Waals surface area (Å²) in [5, 5.41) is 3.02. The quantitative estimate of drug-likeness (QED) is 0.770. The molecule has 2 N–H and O–H groups in total. The molecule has 0 aliphatic heterocycles. The second kappa shape index (κ2) is 7.87. The molecular formula is C19H32N2O3S. The number of carbonyl (C=O) groups is 1. The van der Waals surface area contributed by atoms with Gasteiger partial charge in [-0.3, -0.25) is 4.79 Å². The van der Waals surface area contributed by atoms with Crippen LogP contribution in [0.4, 0.5) is 0 Å². The predicted octanol–water partition coefficient (Wildman–Crippen LogP) is 3.71. The minimum Gasteiger partial charge on any atom is -0.347 e. The fourth-order valence-electron chi connectivity index (χ4n) is 2.95. The van der Waals surface area contributed by atoms with E-state index in [9.17, 15) is 13.2 Å². The van der Waals surface area contributed by atoms with Gasteiger partial charge in [-0.25, -0.2) is 13.1 Å². The van der Waals surface area contributed by atoms with Crippen LogP contribution in [0.25, 0.3) is 0 Å². The van der Waals surface area contributed by atoms with E-state index in [1.54, 1.807) is 12.1 Å². The van der Waals surface area contributed by atoms with Gasteiger partial charge in [0.25, 0.3) is 5.91 Å². The van der Waals surface area contributed by atoms with Gasteiger partial charge < -0.3 is 5.32 Å². The number of nitrogens with one attached hydrogen (secondary N) is 2. The molecule has 0 fully saturated rings. The Labute approximate surface area is 152 Å². The average molecular weight is 369 g/mol. The second-order valence-electron chi connectivity index (χ2n) is 8.53. The van der Waals surface area contributed by atoms with Gasteiger partial charge in [0, 0.05) is 17.1 Å². The Morgan fingerprint density at radius 1 is 1.08 bits per heavy atom. The molecule has 0 aromatic heterocycles. The highest BCUT2D eigenvalue weighted by molar-refractivity contribution is 7.89. The molecule has 5 nitrogen and oxygen atoms in total. The van der Waals surface area contributed by atoms with E-state index in [1.165, 1.54) is 12.1 Å². The summed E-state index contributed by atoms with van der Waals surface area (Å²) < 4.78 is 27.1. The Balaban J connectivity index is 2.87. The van der Waals surface area contributed by atoms with Gasteiger partial charge in [0.1, 0.15) is 0 Å². The second-order valence-corrected chi connectivity index (χ2v) is 10.2. The number of benzene rings is 1. The minimum absolute atomic E-state index is 0.0936. The van der Waals surface area contributed by atoms with Crippen LogP contribution in [0.2, 0.25) is 0 Å². The molecule has 25 heavy (non-hydrogen) atoms. The van der Waals surface area contributed by atoms with Gasteiger partial charge in [0.15, 0.2) is 0 Å². The lowest BCUT2D eigenvalue weighted by atomic mass is 9.81. The first kappa shape index (κ1) is 21.6. The molecule has 1 rings (SSSR count). The number of hydrogen-bond donors (Lipinski definition) is 2. The first-order valence-corrected chi connectivity index (χ1v) is 10.2. The minimum atomic E-state index is -3.55. The zero-order valence-electron chi connectivity index (χ0n) is 16.4. The van der Waals surface area contributed by atoms with E-state index < -0.39 is 10.0 Å².